The molecule has 0 aliphatic heterocycles. The zero-order chi connectivity index (χ0) is 48.1. The summed E-state index contributed by atoms with van der Waals surface area (Å²) in [5.41, 5.74) is 6.85. The predicted octanol–water partition coefficient (Wildman–Crippen LogP) is 17.0. The fraction of sp³-hybridized carbons (Fsp3) is 0.214. The van der Waals surface area contributed by atoms with Crippen LogP contribution in [0.15, 0.2) is 127 Å². The van der Waals surface area contributed by atoms with Gasteiger partial charge in [0.1, 0.15) is 17.6 Å². The molecule has 0 atom stereocenters. The summed E-state index contributed by atoms with van der Waals surface area (Å²) in [5, 5.41) is 18.6. The van der Waals surface area contributed by atoms with Gasteiger partial charge in [0, 0.05) is 73.1 Å². The maximum atomic E-state index is 11.4. The molecule has 0 radical (unpaired) electrons. The topological polar surface area (TPSA) is 113 Å². The molecule has 1 N–H and O–H groups in total. The van der Waals surface area contributed by atoms with Crippen LogP contribution in [-0.4, -0.2) is 30.8 Å². The minimum absolute atomic E-state index is 0.0468. The summed E-state index contributed by atoms with van der Waals surface area (Å²) in [6.45, 7) is 13.2. The molecule has 4 heterocycles. The number of nitriles is 1. The van der Waals surface area contributed by atoms with Crippen molar-refractivity contribution in [2.75, 3.05) is 18.1 Å². The molecule has 4 aromatic heterocycles. The Morgan fingerprint density at radius 3 is 1.64 bits per heavy atom. The number of fused-ring (bicyclic) bond motifs is 2. The number of carboxylic acids is 1. The van der Waals surface area contributed by atoms with E-state index in [9.17, 15) is 20.0 Å². The number of nitrogens with zero attached hydrogens (tertiary/aromatic N) is 3. The van der Waals surface area contributed by atoms with Gasteiger partial charge >= 0.3 is 5.97 Å². The highest BCUT2D eigenvalue weighted by atomic mass is 32.1. The third-order valence-corrected chi connectivity index (χ3v) is 15.9. The molecule has 4 aromatic carbocycles. The highest BCUT2D eigenvalue weighted by Crippen LogP contribution is 2.44. The molecule has 0 aliphatic carbocycles. The number of anilines is 3. The number of carboxylic acid groups (broad SMARTS) is 1. The van der Waals surface area contributed by atoms with Gasteiger partial charge in [-0.1, -0.05) is 88.8 Å². The van der Waals surface area contributed by atoms with Gasteiger partial charge in [-0.25, -0.2) is 4.85 Å². The fourth-order valence-electron chi connectivity index (χ4n) is 7.85. The minimum atomic E-state index is -1.23. The van der Waals surface area contributed by atoms with Crippen molar-refractivity contribution in [1.29, 1.82) is 5.26 Å². The van der Waals surface area contributed by atoms with Gasteiger partial charge in [-0.05, 0) is 108 Å². The molecular weight excluding hydrogens is 939 g/mol. The summed E-state index contributed by atoms with van der Waals surface area (Å²) in [5.74, 6) is 0.368. The van der Waals surface area contributed by atoms with Crippen molar-refractivity contribution in [1.82, 2.24) is 0 Å². The highest BCUT2D eigenvalue weighted by Gasteiger charge is 2.18. The van der Waals surface area contributed by atoms with E-state index >= 15 is 0 Å². The number of thiophene rings is 4. The Labute approximate surface area is 418 Å². The van der Waals surface area contributed by atoms with Gasteiger partial charge in [-0.15, -0.1) is 45.3 Å². The van der Waals surface area contributed by atoms with Gasteiger partial charge in [0.15, 0.2) is 0 Å². The summed E-state index contributed by atoms with van der Waals surface area (Å²) in [6.07, 6.45) is 12.1. The van der Waals surface area contributed by atoms with Crippen LogP contribution in [0.25, 0.3) is 67.8 Å². The Kier molecular flexibility index (Phi) is 16.4. The normalized spacial score (nSPS) is 11.7. The van der Waals surface area contributed by atoms with E-state index in [0.29, 0.717) is 13.2 Å². The SMILES string of the molecule is [C-]#[N+]/C(=C\c1cc2sc(-c3ccc(N(c4ccc(-c5cc6sc(/C=C(\C#N)OC=O)cc6s5)cc4)c4ccc(-c5ccc(OCCCCCC)cc5OCCCCCC)cc4)cc3)cc2s1)C(=O)O. The maximum absolute atomic E-state index is 11.4. The van der Waals surface area contributed by atoms with Crippen LogP contribution in [0, 0.1) is 17.9 Å². The zero-order valence-electron chi connectivity index (χ0n) is 38.2. The van der Waals surface area contributed by atoms with E-state index in [-0.39, 0.29) is 17.9 Å². The minimum Gasteiger partial charge on any atom is -0.493 e. The van der Waals surface area contributed by atoms with Crippen molar-refractivity contribution in [2.24, 2.45) is 0 Å². The van der Waals surface area contributed by atoms with E-state index in [1.807, 2.05) is 30.3 Å². The second kappa shape index (κ2) is 23.3. The number of allylic oxidation sites excluding steroid dienone is 1. The maximum Gasteiger partial charge on any atom is 0.333 e. The molecule has 8 aromatic rings. The average molecular weight is 988 g/mol. The fourth-order valence-corrected chi connectivity index (χ4v) is 12.5. The summed E-state index contributed by atoms with van der Waals surface area (Å²) >= 11 is 6.32. The lowest BCUT2D eigenvalue weighted by molar-refractivity contribution is -0.132. The second-order valence-corrected chi connectivity index (χ2v) is 20.6. The zero-order valence-corrected chi connectivity index (χ0v) is 41.5. The van der Waals surface area contributed by atoms with Gasteiger partial charge < -0.3 is 24.2 Å². The molecule has 0 saturated carbocycles. The highest BCUT2D eigenvalue weighted by molar-refractivity contribution is 7.30. The molecular formula is C56H49N3O6S4. The third kappa shape index (κ3) is 12.0. The number of carbonyl (C=O) groups excluding carboxylic acids is 1. The lowest BCUT2D eigenvalue weighted by atomic mass is 10.0. The molecule has 9 nitrogen and oxygen atoms in total. The Morgan fingerprint density at radius 2 is 1.16 bits per heavy atom. The van der Waals surface area contributed by atoms with E-state index in [2.05, 4.69) is 115 Å². The van der Waals surface area contributed by atoms with Gasteiger partial charge in [-0.3, -0.25) is 9.59 Å². The van der Waals surface area contributed by atoms with E-state index < -0.39 is 5.97 Å². The first kappa shape index (κ1) is 48.5. The smallest absolute Gasteiger partial charge is 0.333 e. The van der Waals surface area contributed by atoms with Crippen molar-refractivity contribution < 1.29 is 28.9 Å². The molecule has 348 valence electrons. The largest absolute Gasteiger partial charge is 0.493 e. The first-order chi connectivity index (χ1) is 33.8. The van der Waals surface area contributed by atoms with Crippen LogP contribution < -0.4 is 14.4 Å². The van der Waals surface area contributed by atoms with Gasteiger partial charge in [0.2, 0.25) is 5.76 Å². The number of ether oxygens (including phenoxy) is 3. The first-order valence-electron chi connectivity index (χ1n) is 22.9. The molecule has 0 saturated heterocycles. The van der Waals surface area contributed by atoms with Gasteiger partial charge in [0.25, 0.3) is 12.2 Å². The number of aliphatic carboxylic acids is 1. The second-order valence-electron chi connectivity index (χ2n) is 16.2. The Bertz CT molecular complexity index is 3130. The summed E-state index contributed by atoms with van der Waals surface area (Å²) in [7, 11) is 0. The standard InChI is InChI=1S/C56H49N3O6S4/c1-4-6-8-10-26-63-43-24-25-47(49(29-43)64-27-11-9-7-5-2)37-12-18-40(19-13-37)59(41-20-14-38(15-21-41)50-33-54-52(68-50)31-45(66-54)28-44(35-57)65-36-60)42-22-16-39(17-23-42)51-34-55-53(69-51)32-46(67-55)30-48(58-3)56(61)62/h12-25,28-34,36H,4-11,26-27H2,1-2H3,(H,61,62)/b44-28+,48-30-. The molecule has 0 unspecified atom stereocenters. The van der Waals surface area contributed by atoms with Crippen LogP contribution in [0.2, 0.25) is 0 Å². The average Bonchev–Trinajstić information content (AvgIpc) is 4.15. The van der Waals surface area contributed by atoms with Crippen molar-refractivity contribution in [2.45, 2.75) is 65.2 Å². The van der Waals surface area contributed by atoms with Crippen LogP contribution in [0.5, 0.6) is 11.5 Å². The third-order valence-electron chi connectivity index (χ3n) is 11.4. The summed E-state index contributed by atoms with van der Waals surface area (Å²) < 4.78 is 21.7. The van der Waals surface area contributed by atoms with Crippen molar-refractivity contribution in [3.05, 3.63) is 148 Å². The van der Waals surface area contributed by atoms with Crippen LogP contribution in [0.4, 0.5) is 17.1 Å². The van der Waals surface area contributed by atoms with E-state index in [1.54, 1.807) is 28.7 Å². The number of unbranched alkanes of at least 4 members (excludes halogenated alkanes) is 6. The summed E-state index contributed by atoms with van der Waals surface area (Å²) in [6, 6.07) is 42.0. The Hall–Kier alpha value is -7.00. The van der Waals surface area contributed by atoms with Crippen LogP contribution in [-0.2, 0) is 14.3 Å². The number of benzene rings is 4. The molecule has 0 aliphatic rings. The Morgan fingerprint density at radius 1 is 0.652 bits per heavy atom. The number of hydrogen-bond acceptors (Lipinski definition) is 11. The lowest BCUT2D eigenvalue weighted by Gasteiger charge is -2.26. The van der Waals surface area contributed by atoms with Gasteiger partial charge in [-0.2, -0.15) is 5.26 Å². The van der Waals surface area contributed by atoms with Crippen LogP contribution in [0.1, 0.15) is 75.0 Å². The van der Waals surface area contributed by atoms with Gasteiger partial charge in [0.05, 0.1) is 19.8 Å². The molecule has 0 fully saturated rings. The van der Waals surface area contributed by atoms with Crippen molar-refractivity contribution >= 4 is 106 Å². The predicted molar refractivity (Wildman–Crippen MR) is 286 cm³/mol. The van der Waals surface area contributed by atoms with E-state index in [0.717, 1.165) is 115 Å². The number of rotatable bonds is 23. The summed E-state index contributed by atoms with van der Waals surface area (Å²) in [4.78, 5) is 31.4. The quantitative estimate of drug-likeness (QED) is 0.0168. The van der Waals surface area contributed by atoms with E-state index in [4.69, 9.17) is 20.8 Å². The van der Waals surface area contributed by atoms with E-state index in [1.165, 1.54) is 54.4 Å². The molecule has 0 amide bonds. The molecule has 8 rings (SSSR count). The first-order valence-corrected chi connectivity index (χ1v) is 26.2. The van der Waals surface area contributed by atoms with Crippen LogP contribution >= 0.6 is 45.3 Å². The molecule has 13 heteroatoms. The lowest BCUT2D eigenvalue weighted by Crippen LogP contribution is -2.09. The van der Waals surface area contributed by atoms with Crippen molar-refractivity contribution in [3.8, 4) is 49.6 Å². The molecule has 0 spiro atoms. The van der Waals surface area contributed by atoms with Crippen LogP contribution in [0.3, 0.4) is 0 Å². The van der Waals surface area contributed by atoms with Crippen molar-refractivity contribution in [3.63, 3.8) is 0 Å². The molecule has 0 bridgehead atoms. The molecule has 69 heavy (non-hydrogen) atoms. The number of hydrogen-bond donors (Lipinski definition) is 1. The Balaban J connectivity index is 1.09. The monoisotopic (exact) mass is 987 g/mol. The number of carbonyl (C=O) groups is 2.